The summed E-state index contributed by atoms with van der Waals surface area (Å²) in [6.45, 7) is 10.7. The number of hydrogen-bond donors (Lipinski definition) is 2. The largest absolute Gasteiger partial charge is 0.315 e. The number of nitrogens with zero attached hydrogens (tertiary/aromatic N) is 2. The topological polar surface area (TPSA) is 41.9 Å². The molecule has 1 rings (SSSR count). The second kappa shape index (κ2) is 7.41. The third kappa shape index (κ3) is 5.28. The molecule has 0 aromatic carbocycles. The summed E-state index contributed by atoms with van der Waals surface area (Å²) in [5, 5.41) is 11.0. The summed E-state index contributed by atoms with van der Waals surface area (Å²) < 4.78 is 1.98. The molecule has 0 saturated heterocycles. The maximum absolute atomic E-state index is 4.22. The average molecular weight is 224 g/mol. The zero-order valence-electron chi connectivity index (χ0n) is 10.6. The number of aromatic nitrogens is 2. The van der Waals surface area contributed by atoms with E-state index in [0.717, 1.165) is 32.1 Å². The van der Waals surface area contributed by atoms with E-state index >= 15 is 0 Å². The molecule has 1 aromatic heterocycles. The Hall–Kier alpha value is -0.870. The van der Waals surface area contributed by atoms with E-state index in [4.69, 9.17) is 0 Å². The van der Waals surface area contributed by atoms with Gasteiger partial charge in [0.25, 0.3) is 0 Å². The van der Waals surface area contributed by atoms with E-state index in [9.17, 15) is 0 Å². The van der Waals surface area contributed by atoms with Crippen LogP contribution >= 0.6 is 0 Å². The monoisotopic (exact) mass is 224 g/mol. The molecule has 0 aliphatic rings. The van der Waals surface area contributed by atoms with Crippen molar-refractivity contribution in [3.8, 4) is 0 Å². The maximum Gasteiger partial charge on any atom is 0.0615 e. The number of nitrogens with one attached hydrogen (secondary N) is 2. The Bertz CT molecular complexity index is 256. The Labute approximate surface area is 98.4 Å². The highest BCUT2D eigenvalue weighted by molar-refractivity contribution is 4.81. The van der Waals surface area contributed by atoms with Gasteiger partial charge in [0.1, 0.15) is 0 Å². The molecular weight excluding hydrogens is 200 g/mol. The highest BCUT2D eigenvalue weighted by atomic mass is 15.3. The van der Waals surface area contributed by atoms with Gasteiger partial charge in [-0.05, 0) is 25.5 Å². The first kappa shape index (κ1) is 13.2. The van der Waals surface area contributed by atoms with Crippen LogP contribution in [0.4, 0.5) is 0 Å². The van der Waals surface area contributed by atoms with Crippen molar-refractivity contribution in [1.29, 1.82) is 0 Å². The van der Waals surface area contributed by atoms with Crippen LogP contribution in [0.2, 0.25) is 0 Å². The maximum atomic E-state index is 4.22. The van der Waals surface area contributed by atoms with E-state index in [1.54, 1.807) is 0 Å². The van der Waals surface area contributed by atoms with Gasteiger partial charge in [0, 0.05) is 32.0 Å². The molecule has 2 N–H and O–H groups in total. The van der Waals surface area contributed by atoms with Crippen molar-refractivity contribution in [3.05, 3.63) is 18.5 Å². The first-order chi connectivity index (χ1) is 7.70. The van der Waals surface area contributed by atoms with Crippen molar-refractivity contribution in [2.24, 2.45) is 5.92 Å². The van der Waals surface area contributed by atoms with Crippen molar-refractivity contribution in [2.45, 2.75) is 26.8 Å². The Morgan fingerprint density at radius 3 is 2.38 bits per heavy atom. The molecule has 4 nitrogen and oxygen atoms in total. The molecule has 92 valence electrons. The normalized spacial score (nSPS) is 13.2. The molecule has 0 aliphatic heterocycles. The summed E-state index contributed by atoms with van der Waals surface area (Å²) in [5.41, 5.74) is 0. The van der Waals surface area contributed by atoms with Crippen LogP contribution in [0, 0.1) is 5.92 Å². The van der Waals surface area contributed by atoms with Gasteiger partial charge in [-0.25, -0.2) is 0 Å². The minimum absolute atomic E-state index is 0.417. The van der Waals surface area contributed by atoms with Crippen molar-refractivity contribution < 1.29 is 0 Å². The van der Waals surface area contributed by atoms with Gasteiger partial charge in [-0.3, -0.25) is 4.68 Å². The van der Waals surface area contributed by atoms with Gasteiger partial charge in [-0.15, -0.1) is 0 Å². The summed E-state index contributed by atoms with van der Waals surface area (Å²) in [4.78, 5) is 0. The molecule has 1 unspecified atom stereocenters. The molecule has 0 spiro atoms. The fraction of sp³-hybridized carbons (Fsp3) is 0.750. The second-order valence-electron chi connectivity index (χ2n) is 4.64. The summed E-state index contributed by atoms with van der Waals surface area (Å²) in [5.74, 6) is 0.725. The molecule has 0 aliphatic carbocycles. The van der Waals surface area contributed by atoms with E-state index in [1.165, 1.54) is 0 Å². The fourth-order valence-corrected chi connectivity index (χ4v) is 1.51. The lowest BCUT2D eigenvalue weighted by Gasteiger charge is -2.13. The average Bonchev–Trinajstić information content (AvgIpc) is 2.75. The molecular formula is C12H24N4. The van der Waals surface area contributed by atoms with Gasteiger partial charge in [-0.1, -0.05) is 13.8 Å². The van der Waals surface area contributed by atoms with Crippen LogP contribution in [0.25, 0.3) is 0 Å². The van der Waals surface area contributed by atoms with Gasteiger partial charge in [0.05, 0.1) is 6.04 Å². The lowest BCUT2D eigenvalue weighted by Crippen LogP contribution is -2.32. The molecule has 1 aromatic rings. The van der Waals surface area contributed by atoms with Gasteiger partial charge in [-0.2, -0.15) is 5.10 Å². The van der Waals surface area contributed by atoms with E-state index in [1.807, 2.05) is 23.1 Å². The van der Waals surface area contributed by atoms with Crippen LogP contribution < -0.4 is 10.6 Å². The molecule has 1 atom stereocenters. The minimum atomic E-state index is 0.417. The fourth-order valence-electron chi connectivity index (χ4n) is 1.51. The third-order valence-electron chi connectivity index (χ3n) is 2.45. The molecule has 0 amide bonds. The van der Waals surface area contributed by atoms with Crippen LogP contribution in [0.5, 0.6) is 0 Å². The first-order valence-corrected chi connectivity index (χ1v) is 6.10. The van der Waals surface area contributed by atoms with Crippen molar-refractivity contribution in [2.75, 3.05) is 26.2 Å². The lowest BCUT2D eigenvalue weighted by atomic mass is 10.2. The summed E-state index contributed by atoms with van der Waals surface area (Å²) in [6, 6.07) is 2.38. The Kier molecular flexibility index (Phi) is 6.11. The van der Waals surface area contributed by atoms with Gasteiger partial charge >= 0.3 is 0 Å². The Morgan fingerprint density at radius 2 is 1.81 bits per heavy atom. The van der Waals surface area contributed by atoms with E-state index in [-0.39, 0.29) is 0 Å². The van der Waals surface area contributed by atoms with Crippen molar-refractivity contribution >= 4 is 0 Å². The Balaban J connectivity index is 1.99. The van der Waals surface area contributed by atoms with Crippen LogP contribution in [0.3, 0.4) is 0 Å². The standard InChI is InChI=1S/C12H24N4/c1-11(2)9-13-6-7-14-10-12(3)16-8-4-5-15-16/h4-5,8,11-14H,6-7,9-10H2,1-3H3. The molecule has 4 heteroatoms. The highest BCUT2D eigenvalue weighted by Crippen LogP contribution is 2.00. The van der Waals surface area contributed by atoms with Crippen molar-refractivity contribution in [1.82, 2.24) is 20.4 Å². The molecule has 0 bridgehead atoms. The lowest BCUT2D eigenvalue weighted by molar-refractivity contribution is 0.447. The molecule has 0 saturated carbocycles. The summed E-state index contributed by atoms with van der Waals surface area (Å²) >= 11 is 0. The molecule has 16 heavy (non-hydrogen) atoms. The van der Waals surface area contributed by atoms with Crippen molar-refractivity contribution in [3.63, 3.8) is 0 Å². The summed E-state index contributed by atoms with van der Waals surface area (Å²) in [7, 11) is 0. The zero-order valence-corrected chi connectivity index (χ0v) is 10.6. The highest BCUT2D eigenvalue weighted by Gasteiger charge is 2.02. The smallest absolute Gasteiger partial charge is 0.0615 e. The SMILES string of the molecule is CC(C)CNCCNCC(C)n1cccn1. The third-order valence-corrected chi connectivity index (χ3v) is 2.45. The molecule has 1 heterocycles. The number of rotatable bonds is 8. The number of hydrogen-bond acceptors (Lipinski definition) is 3. The van der Waals surface area contributed by atoms with Crippen LogP contribution in [-0.2, 0) is 0 Å². The zero-order chi connectivity index (χ0) is 11.8. The quantitative estimate of drug-likeness (QED) is 0.654. The van der Waals surface area contributed by atoms with E-state index in [2.05, 4.69) is 36.5 Å². The second-order valence-corrected chi connectivity index (χ2v) is 4.64. The van der Waals surface area contributed by atoms with Gasteiger partial charge < -0.3 is 10.6 Å². The van der Waals surface area contributed by atoms with Crippen LogP contribution in [0.15, 0.2) is 18.5 Å². The van der Waals surface area contributed by atoms with Crippen LogP contribution in [0.1, 0.15) is 26.8 Å². The molecule has 0 fully saturated rings. The molecule has 0 radical (unpaired) electrons. The van der Waals surface area contributed by atoms with E-state index < -0.39 is 0 Å². The van der Waals surface area contributed by atoms with Gasteiger partial charge in [0.2, 0.25) is 0 Å². The summed E-state index contributed by atoms with van der Waals surface area (Å²) in [6.07, 6.45) is 3.82. The van der Waals surface area contributed by atoms with Crippen LogP contribution in [-0.4, -0.2) is 36.0 Å². The predicted octanol–water partition coefficient (Wildman–Crippen LogP) is 1.28. The predicted molar refractivity (Wildman–Crippen MR) is 67.5 cm³/mol. The Morgan fingerprint density at radius 1 is 1.12 bits per heavy atom. The van der Waals surface area contributed by atoms with E-state index in [0.29, 0.717) is 6.04 Å². The first-order valence-electron chi connectivity index (χ1n) is 6.10. The minimum Gasteiger partial charge on any atom is -0.315 e. The van der Waals surface area contributed by atoms with Gasteiger partial charge in [0.15, 0.2) is 0 Å².